The van der Waals surface area contributed by atoms with Crippen LogP contribution in [0.5, 0.6) is 0 Å². The first-order valence-electron chi connectivity index (χ1n) is 9.11. The summed E-state index contributed by atoms with van der Waals surface area (Å²) in [5.41, 5.74) is -1.38. The zero-order valence-electron chi connectivity index (χ0n) is 16.4. The quantitative estimate of drug-likeness (QED) is 0.104. The Morgan fingerprint density at radius 2 is 1.15 bits per heavy atom. The van der Waals surface area contributed by atoms with E-state index in [9.17, 15) is 22.1 Å². The van der Waals surface area contributed by atoms with Gasteiger partial charge in [-0.1, -0.05) is 31.9 Å². The zero-order valence-corrected chi connectivity index (χ0v) is 23.6. The molecule has 0 atom stereocenters. The molecule has 2 heterocycles. The molecular weight excluding hydrogens is 690 g/mol. The second kappa shape index (κ2) is 10.2. The molecule has 4 aromatic rings. The third-order valence-electron chi connectivity index (χ3n) is 4.58. The van der Waals surface area contributed by atoms with Crippen molar-refractivity contribution >= 4 is 106 Å². The minimum Gasteiger partial charge on any atom is -0.166 e. The van der Waals surface area contributed by atoms with Crippen LogP contribution < -0.4 is 0 Å². The highest BCUT2D eigenvalue weighted by Crippen LogP contribution is 2.50. The lowest BCUT2D eigenvalue weighted by Gasteiger charge is -2.14. The average molecular weight is 700 g/mol. The van der Waals surface area contributed by atoms with Gasteiger partial charge in [-0.25, -0.2) is 0 Å². The van der Waals surface area contributed by atoms with Crippen LogP contribution in [0.15, 0.2) is 45.3 Å². The second-order valence-corrected chi connectivity index (χ2v) is 12.3. The number of hydrogen-bond acceptors (Lipinski definition) is 5. The molecule has 0 aliphatic heterocycles. The molecule has 0 spiro atoms. The van der Waals surface area contributed by atoms with Crippen molar-refractivity contribution < 1.29 is 31.2 Å². The van der Waals surface area contributed by atoms with E-state index < -0.39 is 31.6 Å². The fraction of sp³-hybridized carbons (Fsp3) is 0.200. The Bertz CT molecular complexity index is 1310. The van der Waals surface area contributed by atoms with E-state index in [0.717, 1.165) is 21.9 Å². The summed E-state index contributed by atoms with van der Waals surface area (Å²) in [5, 5.41) is 0.904. The number of halogens is 8. The molecule has 0 bridgehead atoms. The first-order chi connectivity index (χ1) is 15.9. The maximum Gasteiger partial charge on any atom is 0.710 e. The van der Waals surface area contributed by atoms with Crippen LogP contribution in [0.2, 0.25) is 0 Å². The van der Waals surface area contributed by atoms with Gasteiger partial charge in [0.15, 0.2) is 0 Å². The largest absolute Gasteiger partial charge is 0.710 e. The molecule has 180 valence electrons. The Balaban J connectivity index is 1.57. The van der Waals surface area contributed by atoms with Gasteiger partial charge < -0.3 is 0 Å². The zero-order chi connectivity index (χ0) is 24.8. The van der Waals surface area contributed by atoms with Gasteiger partial charge >= 0.3 is 20.5 Å². The van der Waals surface area contributed by atoms with Crippen molar-refractivity contribution in [3.63, 3.8) is 0 Å². The van der Waals surface area contributed by atoms with Crippen LogP contribution in [-0.4, -0.2) is 0 Å². The molecule has 2 aromatic heterocycles. The standard InChI is InChI=1S/C20H10Br2Cl2F4O3PS2/c21-15-5-17-9(1-11(7-23)33-17)3-13(15)19(25,26)30-32(29)31-20(27,28)14-4-10-2-12(8-24)34-18(10)6-16(14)22/h1-6H,7-8H2/q+1. The summed E-state index contributed by atoms with van der Waals surface area (Å²) in [6.07, 6.45) is -8.38. The molecular formula is C20H10Br2Cl2F4O3PS2+. The topological polar surface area (TPSA) is 35.5 Å². The molecule has 0 aliphatic rings. The first kappa shape index (κ1) is 26.7. The van der Waals surface area contributed by atoms with Gasteiger partial charge in [-0.15, -0.1) is 45.9 Å². The maximum atomic E-state index is 14.8. The lowest BCUT2D eigenvalue weighted by Crippen LogP contribution is -2.19. The summed E-state index contributed by atoms with van der Waals surface area (Å²) >= 11 is 20.3. The Morgan fingerprint density at radius 3 is 1.50 bits per heavy atom. The fourth-order valence-electron chi connectivity index (χ4n) is 3.12. The minimum absolute atomic E-state index is 0.0520. The van der Waals surface area contributed by atoms with E-state index in [2.05, 4.69) is 40.9 Å². The molecule has 0 amide bonds. The van der Waals surface area contributed by atoms with Crippen molar-refractivity contribution in [1.82, 2.24) is 0 Å². The van der Waals surface area contributed by atoms with Crippen LogP contribution in [-0.2, 0) is 37.6 Å². The van der Waals surface area contributed by atoms with Crippen molar-refractivity contribution in [1.29, 1.82) is 0 Å². The Kier molecular flexibility index (Phi) is 8.00. The minimum atomic E-state index is -4.19. The van der Waals surface area contributed by atoms with Crippen LogP contribution in [0.4, 0.5) is 17.6 Å². The number of hydrogen-bond donors (Lipinski definition) is 0. The SMILES string of the molecule is O=[P+](OC(F)(F)c1cc2cc(CCl)sc2cc1Br)OC(F)(F)c1cc2cc(CCl)sc2cc1Br. The molecule has 0 aliphatic carbocycles. The number of benzene rings is 2. The summed E-state index contributed by atoms with van der Waals surface area (Å²) in [4.78, 5) is 1.51. The predicted molar refractivity (Wildman–Crippen MR) is 136 cm³/mol. The van der Waals surface area contributed by atoms with Crippen LogP contribution in [0.25, 0.3) is 20.2 Å². The van der Waals surface area contributed by atoms with Crippen LogP contribution >= 0.6 is 86.0 Å². The molecule has 0 saturated carbocycles. The summed E-state index contributed by atoms with van der Waals surface area (Å²) in [7, 11) is -3.94. The highest BCUT2D eigenvalue weighted by molar-refractivity contribution is 9.10. The molecule has 0 saturated heterocycles. The second-order valence-electron chi connectivity index (χ2n) is 6.87. The Labute approximate surface area is 226 Å². The molecule has 14 heteroatoms. The van der Waals surface area contributed by atoms with E-state index in [1.807, 2.05) is 0 Å². The molecule has 3 nitrogen and oxygen atoms in total. The van der Waals surface area contributed by atoms with Crippen molar-refractivity contribution in [2.24, 2.45) is 0 Å². The third-order valence-corrected chi connectivity index (χ3v) is 9.74. The normalized spacial score (nSPS) is 12.7. The van der Waals surface area contributed by atoms with Crippen molar-refractivity contribution in [2.75, 3.05) is 0 Å². The average Bonchev–Trinajstić information content (AvgIpc) is 3.33. The summed E-state index contributed by atoms with van der Waals surface area (Å²) in [6.45, 7) is 0. The van der Waals surface area contributed by atoms with Crippen molar-refractivity contribution in [2.45, 2.75) is 24.0 Å². The smallest absolute Gasteiger partial charge is 0.166 e. The van der Waals surface area contributed by atoms with Gasteiger partial charge in [0.2, 0.25) is 0 Å². The van der Waals surface area contributed by atoms with Gasteiger partial charge in [-0.2, -0.15) is 17.6 Å². The highest BCUT2D eigenvalue weighted by atomic mass is 79.9. The maximum absolute atomic E-state index is 14.8. The fourth-order valence-corrected chi connectivity index (χ4v) is 7.53. The van der Waals surface area contributed by atoms with Crippen LogP contribution in [0, 0.1) is 0 Å². The highest BCUT2D eigenvalue weighted by Gasteiger charge is 2.53. The Morgan fingerprint density at radius 1 is 0.765 bits per heavy atom. The van der Waals surface area contributed by atoms with E-state index in [1.54, 1.807) is 12.1 Å². The van der Waals surface area contributed by atoms with E-state index in [4.69, 9.17) is 23.2 Å². The summed E-state index contributed by atoms with van der Waals surface area (Å²) < 4.78 is 80.9. The van der Waals surface area contributed by atoms with Crippen molar-refractivity contribution in [3.05, 3.63) is 66.2 Å². The molecule has 0 unspecified atom stereocenters. The molecule has 0 radical (unpaired) electrons. The number of thiophene rings is 2. The number of fused-ring (bicyclic) bond motifs is 2. The molecule has 34 heavy (non-hydrogen) atoms. The molecule has 0 fully saturated rings. The molecule has 2 aromatic carbocycles. The van der Waals surface area contributed by atoms with Gasteiger partial charge in [0.05, 0.1) is 22.9 Å². The van der Waals surface area contributed by atoms with E-state index in [0.29, 0.717) is 20.2 Å². The number of alkyl halides is 6. The van der Waals surface area contributed by atoms with E-state index in [1.165, 1.54) is 34.8 Å². The van der Waals surface area contributed by atoms with Gasteiger partial charge in [0.25, 0.3) is 0 Å². The summed E-state index contributed by atoms with van der Waals surface area (Å²) in [5.74, 6) is 0.405. The van der Waals surface area contributed by atoms with Crippen molar-refractivity contribution in [3.8, 4) is 0 Å². The third kappa shape index (κ3) is 5.48. The molecule has 0 N–H and O–H groups in total. The number of rotatable bonds is 8. The lowest BCUT2D eigenvalue weighted by molar-refractivity contribution is -0.220. The first-order valence-corrected chi connectivity index (χ1v) is 14.5. The van der Waals surface area contributed by atoms with Gasteiger partial charge in [-0.3, -0.25) is 0 Å². The van der Waals surface area contributed by atoms with Gasteiger partial charge in [0, 0.05) is 32.7 Å². The van der Waals surface area contributed by atoms with E-state index in [-0.39, 0.29) is 20.7 Å². The van der Waals surface area contributed by atoms with E-state index >= 15 is 0 Å². The monoisotopic (exact) mass is 697 g/mol. The predicted octanol–water partition coefficient (Wildman–Crippen LogP) is 10.6. The van der Waals surface area contributed by atoms with Crippen LogP contribution in [0.1, 0.15) is 20.9 Å². The van der Waals surface area contributed by atoms with Crippen LogP contribution in [0.3, 0.4) is 0 Å². The van der Waals surface area contributed by atoms with Gasteiger partial charge in [-0.05, 0) is 56.2 Å². The summed E-state index contributed by atoms with van der Waals surface area (Å²) in [6, 6.07) is 8.32. The molecule has 4 rings (SSSR count). The van der Waals surface area contributed by atoms with Gasteiger partial charge in [0.1, 0.15) is 0 Å². The lowest BCUT2D eigenvalue weighted by atomic mass is 10.1. The Hall–Kier alpha value is -0.360.